The zero-order valence-electron chi connectivity index (χ0n) is 14.1. The fourth-order valence-corrected chi connectivity index (χ4v) is 3.47. The third-order valence-corrected chi connectivity index (χ3v) is 5.04. The van der Waals surface area contributed by atoms with Gasteiger partial charge in [-0.25, -0.2) is 9.18 Å². The van der Waals surface area contributed by atoms with Crippen LogP contribution in [0.5, 0.6) is 0 Å². The van der Waals surface area contributed by atoms with Crippen LogP contribution in [0.25, 0.3) is 0 Å². The Bertz CT molecular complexity index is 883. The first kappa shape index (κ1) is 17.7. The minimum absolute atomic E-state index is 0.244. The highest BCUT2D eigenvalue weighted by molar-refractivity contribution is 6.31. The molecule has 1 aromatic heterocycles. The Morgan fingerprint density at radius 2 is 1.84 bits per heavy atom. The maximum absolute atomic E-state index is 13.3. The van der Waals surface area contributed by atoms with Crippen LogP contribution in [0.15, 0.2) is 27.8 Å². The molecule has 7 heteroatoms. The summed E-state index contributed by atoms with van der Waals surface area (Å²) in [5.74, 6) is 0.145. The molecule has 5 nitrogen and oxygen atoms in total. The highest BCUT2D eigenvalue weighted by atomic mass is 35.5. The summed E-state index contributed by atoms with van der Waals surface area (Å²) < 4.78 is 14.4. The van der Waals surface area contributed by atoms with Crippen LogP contribution in [-0.4, -0.2) is 22.6 Å². The van der Waals surface area contributed by atoms with E-state index in [0.29, 0.717) is 16.9 Å². The highest BCUT2D eigenvalue weighted by Crippen LogP contribution is 2.24. The standard InChI is InChI=1S/C18H21ClFN3O2/c1-22-17(24)14(10-12-6-7-13(20)11-15(12)19)16(21-18(22)25)23-8-4-2-3-5-9-23/h6-7,11H,2-5,8-10H2,1H3,(H,21,25). The summed E-state index contributed by atoms with van der Waals surface area (Å²) in [5, 5.41) is 0.273. The molecule has 0 atom stereocenters. The number of hydrogen-bond acceptors (Lipinski definition) is 3. The molecule has 2 heterocycles. The molecule has 0 radical (unpaired) electrons. The van der Waals surface area contributed by atoms with Crippen LogP contribution in [0.1, 0.15) is 36.8 Å². The smallest absolute Gasteiger partial charge is 0.329 e. The van der Waals surface area contributed by atoms with Crippen molar-refractivity contribution in [3.05, 3.63) is 61.0 Å². The lowest BCUT2D eigenvalue weighted by atomic mass is 10.1. The molecular formula is C18H21ClFN3O2. The Labute approximate surface area is 150 Å². The maximum Gasteiger partial charge on any atom is 0.329 e. The Hall–Kier alpha value is -2.08. The molecule has 0 spiro atoms. The van der Waals surface area contributed by atoms with Crippen molar-refractivity contribution in [3.8, 4) is 0 Å². The zero-order valence-corrected chi connectivity index (χ0v) is 14.9. The molecule has 0 amide bonds. The molecule has 3 rings (SSSR count). The Morgan fingerprint density at radius 1 is 1.16 bits per heavy atom. The summed E-state index contributed by atoms with van der Waals surface area (Å²) in [5.41, 5.74) is 0.363. The molecule has 0 bridgehead atoms. The normalized spacial score (nSPS) is 15.2. The van der Waals surface area contributed by atoms with Gasteiger partial charge >= 0.3 is 5.69 Å². The van der Waals surface area contributed by atoms with Crippen molar-refractivity contribution in [3.63, 3.8) is 0 Å². The number of anilines is 1. The summed E-state index contributed by atoms with van der Waals surface area (Å²) in [7, 11) is 1.45. The van der Waals surface area contributed by atoms with E-state index in [2.05, 4.69) is 9.88 Å². The largest absolute Gasteiger partial charge is 0.358 e. The lowest BCUT2D eigenvalue weighted by Gasteiger charge is -2.25. The molecule has 0 saturated carbocycles. The minimum atomic E-state index is -0.432. The van der Waals surface area contributed by atoms with Crippen LogP contribution in [0, 0.1) is 5.82 Å². The number of aromatic amines is 1. The van der Waals surface area contributed by atoms with E-state index in [0.717, 1.165) is 43.3 Å². The van der Waals surface area contributed by atoms with Gasteiger partial charge in [-0.3, -0.25) is 14.3 Å². The average Bonchev–Trinajstić information content (AvgIpc) is 2.86. The van der Waals surface area contributed by atoms with Crippen LogP contribution in [0.3, 0.4) is 0 Å². The van der Waals surface area contributed by atoms with Gasteiger partial charge in [-0.1, -0.05) is 30.5 Å². The van der Waals surface area contributed by atoms with Crippen molar-refractivity contribution in [2.24, 2.45) is 7.05 Å². The van der Waals surface area contributed by atoms with Crippen LogP contribution < -0.4 is 16.1 Å². The van der Waals surface area contributed by atoms with E-state index in [1.807, 2.05) is 0 Å². The number of halogens is 2. The fraction of sp³-hybridized carbons (Fsp3) is 0.444. The van der Waals surface area contributed by atoms with E-state index >= 15 is 0 Å². The molecule has 1 N–H and O–H groups in total. The van der Waals surface area contributed by atoms with Gasteiger partial charge < -0.3 is 4.90 Å². The molecule has 0 aliphatic carbocycles. The predicted molar refractivity (Wildman–Crippen MR) is 97.2 cm³/mol. The van der Waals surface area contributed by atoms with Crippen LogP contribution in [0.2, 0.25) is 5.02 Å². The lowest BCUT2D eigenvalue weighted by molar-refractivity contribution is 0.627. The first-order chi connectivity index (χ1) is 12.0. The fourth-order valence-electron chi connectivity index (χ4n) is 3.24. The second-order valence-electron chi connectivity index (χ2n) is 6.44. The Kier molecular flexibility index (Phi) is 5.27. The van der Waals surface area contributed by atoms with E-state index in [9.17, 15) is 14.0 Å². The first-order valence-corrected chi connectivity index (χ1v) is 8.86. The van der Waals surface area contributed by atoms with Gasteiger partial charge in [0.15, 0.2) is 0 Å². The number of H-pyrrole nitrogens is 1. The van der Waals surface area contributed by atoms with Crippen molar-refractivity contribution < 1.29 is 4.39 Å². The lowest BCUT2D eigenvalue weighted by Crippen LogP contribution is -2.39. The average molecular weight is 366 g/mol. The van der Waals surface area contributed by atoms with Gasteiger partial charge in [-0.2, -0.15) is 0 Å². The Balaban J connectivity index is 2.08. The van der Waals surface area contributed by atoms with E-state index in [1.165, 1.54) is 19.2 Å². The van der Waals surface area contributed by atoms with Crippen LogP contribution in [0.4, 0.5) is 10.2 Å². The number of rotatable bonds is 3. The van der Waals surface area contributed by atoms with Crippen molar-refractivity contribution in [1.82, 2.24) is 9.55 Å². The third-order valence-electron chi connectivity index (χ3n) is 4.68. The van der Waals surface area contributed by atoms with Gasteiger partial charge in [0.2, 0.25) is 0 Å². The molecular weight excluding hydrogens is 345 g/mol. The van der Waals surface area contributed by atoms with Gasteiger partial charge in [0.25, 0.3) is 5.56 Å². The molecule has 1 fully saturated rings. The maximum atomic E-state index is 13.3. The molecule has 25 heavy (non-hydrogen) atoms. The summed E-state index contributed by atoms with van der Waals surface area (Å²) in [6, 6.07) is 4.13. The van der Waals surface area contributed by atoms with Crippen LogP contribution in [-0.2, 0) is 13.5 Å². The summed E-state index contributed by atoms with van der Waals surface area (Å²) in [6.07, 6.45) is 4.58. The topological polar surface area (TPSA) is 58.1 Å². The molecule has 1 aliphatic rings. The molecule has 2 aromatic rings. The summed E-state index contributed by atoms with van der Waals surface area (Å²) in [6.45, 7) is 1.60. The monoisotopic (exact) mass is 365 g/mol. The van der Waals surface area contributed by atoms with E-state index in [-0.39, 0.29) is 17.0 Å². The minimum Gasteiger partial charge on any atom is -0.358 e. The molecule has 134 valence electrons. The number of nitrogens with one attached hydrogen (secondary N) is 1. The molecule has 1 saturated heterocycles. The van der Waals surface area contributed by atoms with Gasteiger partial charge in [0, 0.05) is 31.6 Å². The summed E-state index contributed by atoms with van der Waals surface area (Å²) >= 11 is 6.13. The van der Waals surface area contributed by atoms with E-state index in [1.54, 1.807) is 6.07 Å². The van der Waals surface area contributed by atoms with E-state index in [4.69, 9.17) is 11.6 Å². The van der Waals surface area contributed by atoms with Crippen LogP contribution >= 0.6 is 11.6 Å². The second-order valence-corrected chi connectivity index (χ2v) is 6.84. The predicted octanol–water partition coefficient (Wildman–Crippen LogP) is 2.84. The van der Waals surface area contributed by atoms with Crippen molar-refractivity contribution in [1.29, 1.82) is 0 Å². The first-order valence-electron chi connectivity index (χ1n) is 8.48. The number of aromatic nitrogens is 2. The SMILES string of the molecule is Cn1c(=O)[nH]c(N2CCCCCC2)c(Cc2ccc(F)cc2Cl)c1=O. The zero-order chi connectivity index (χ0) is 18.0. The van der Waals surface area contributed by atoms with Gasteiger partial charge in [0.05, 0.1) is 5.56 Å². The number of hydrogen-bond donors (Lipinski definition) is 1. The van der Waals surface area contributed by atoms with Gasteiger partial charge in [0.1, 0.15) is 11.6 Å². The number of nitrogens with zero attached hydrogens (tertiary/aromatic N) is 2. The van der Waals surface area contributed by atoms with Crippen molar-refractivity contribution in [2.75, 3.05) is 18.0 Å². The Morgan fingerprint density at radius 3 is 2.48 bits per heavy atom. The van der Waals surface area contributed by atoms with Gasteiger partial charge in [-0.05, 0) is 30.5 Å². The number of benzene rings is 1. The van der Waals surface area contributed by atoms with Crippen molar-refractivity contribution >= 4 is 17.4 Å². The highest BCUT2D eigenvalue weighted by Gasteiger charge is 2.20. The quantitative estimate of drug-likeness (QED) is 0.909. The second kappa shape index (κ2) is 7.44. The van der Waals surface area contributed by atoms with Crippen molar-refractivity contribution in [2.45, 2.75) is 32.1 Å². The van der Waals surface area contributed by atoms with E-state index < -0.39 is 11.5 Å². The van der Waals surface area contributed by atoms with Gasteiger partial charge in [-0.15, -0.1) is 0 Å². The molecule has 1 aliphatic heterocycles. The third kappa shape index (κ3) is 3.79. The molecule has 0 unspecified atom stereocenters. The summed E-state index contributed by atoms with van der Waals surface area (Å²) in [4.78, 5) is 29.8. The molecule has 1 aromatic carbocycles.